The zero-order valence-electron chi connectivity index (χ0n) is 19.6. The third-order valence-corrected chi connectivity index (χ3v) is 9.66. The zero-order valence-corrected chi connectivity index (χ0v) is 21.2. The predicted octanol–water partition coefficient (Wildman–Crippen LogP) is 5.18. The van der Waals surface area contributed by atoms with E-state index in [0.29, 0.717) is 24.1 Å². The number of hydrogen-bond acceptors (Lipinski definition) is 5. The average molecular weight is 472 g/mol. The molecule has 1 saturated carbocycles. The number of hydrogen-bond donors (Lipinski definition) is 1. The summed E-state index contributed by atoms with van der Waals surface area (Å²) in [5.74, 6) is 0.624. The molecule has 4 rings (SSSR count). The Kier molecular flexibility index (Phi) is 6.43. The SMILES string of the molecule is CSc1ccccc1CNC(=O)c1csc(C2CCN(C(=O)C3C(C)(C)C3(C)C)CC2)n1. The number of carbonyl (C=O) groups excluding carboxylic acids is 2. The van der Waals surface area contributed by atoms with Crippen LogP contribution in [0.5, 0.6) is 0 Å². The maximum atomic E-state index is 13.0. The molecule has 1 aliphatic heterocycles. The van der Waals surface area contributed by atoms with Gasteiger partial charge in [-0.25, -0.2) is 4.98 Å². The minimum atomic E-state index is -0.130. The Balaban J connectivity index is 1.31. The van der Waals surface area contributed by atoms with Crippen LogP contribution in [0.3, 0.4) is 0 Å². The number of amides is 2. The van der Waals surface area contributed by atoms with Gasteiger partial charge in [0.05, 0.1) is 5.01 Å². The van der Waals surface area contributed by atoms with Crippen molar-refractivity contribution in [2.75, 3.05) is 19.3 Å². The van der Waals surface area contributed by atoms with Crippen LogP contribution in [0.25, 0.3) is 0 Å². The molecule has 1 aromatic carbocycles. The second-order valence-corrected chi connectivity index (χ2v) is 11.8. The highest BCUT2D eigenvalue weighted by Gasteiger charge is 2.68. The monoisotopic (exact) mass is 471 g/mol. The third kappa shape index (κ3) is 4.21. The maximum absolute atomic E-state index is 13.0. The van der Waals surface area contributed by atoms with E-state index in [2.05, 4.69) is 44.1 Å². The van der Waals surface area contributed by atoms with Crippen LogP contribution in [-0.4, -0.2) is 41.0 Å². The number of piperidine rings is 1. The van der Waals surface area contributed by atoms with E-state index in [1.807, 2.05) is 34.7 Å². The number of rotatable bonds is 6. The molecule has 2 aliphatic rings. The number of thiazole rings is 1. The number of aromatic nitrogens is 1. The standard InChI is InChI=1S/C25H33N3O2S2/c1-24(2)20(25(24,3)4)23(30)28-12-10-16(11-13-28)22-27-18(15-32-22)21(29)26-14-17-8-6-7-9-19(17)31-5/h6-9,15-16,20H,10-14H2,1-5H3,(H,26,29). The highest BCUT2D eigenvalue weighted by Crippen LogP contribution is 2.68. The van der Waals surface area contributed by atoms with E-state index in [1.165, 1.54) is 4.90 Å². The Morgan fingerprint density at radius 1 is 1.16 bits per heavy atom. The highest BCUT2D eigenvalue weighted by atomic mass is 32.2. The summed E-state index contributed by atoms with van der Waals surface area (Å²) in [4.78, 5) is 33.5. The van der Waals surface area contributed by atoms with Crippen molar-refractivity contribution < 1.29 is 9.59 Å². The van der Waals surface area contributed by atoms with Gasteiger partial charge in [-0.05, 0) is 41.6 Å². The number of nitrogens with zero attached hydrogens (tertiary/aromatic N) is 2. The number of nitrogens with one attached hydrogen (secondary N) is 1. The van der Waals surface area contributed by atoms with Gasteiger partial charge in [-0.1, -0.05) is 45.9 Å². The zero-order chi connectivity index (χ0) is 23.1. The molecule has 0 atom stereocenters. The first-order valence-corrected chi connectivity index (χ1v) is 13.4. The summed E-state index contributed by atoms with van der Waals surface area (Å²) < 4.78 is 0. The van der Waals surface area contributed by atoms with E-state index in [0.717, 1.165) is 36.5 Å². The topological polar surface area (TPSA) is 62.3 Å². The molecule has 32 heavy (non-hydrogen) atoms. The normalized spacial score (nSPS) is 20.2. The molecule has 2 fully saturated rings. The van der Waals surface area contributed by atoms with Crippen molar-refractivity contribution in [1.29, 1.82) is 0 Å². The van der Waals surface area contributed by atoms with Crippen molar-refractivity contribution in [3.8, 4) is 0 Å². The van der Waals surface area contributed by atoms with E-state index in [1.54, 1.807) is 23.1 Å². The Morgan fingerprint density at radius 3 is 2.44 bits per heavy atom. The first kappa shape index (κ1) is 23.3. The molecule has 0 spiro atoms. The molecule has 172 valence electrons. The predicted molar refractivity (Wildman–Crippen MR) is 131 cm³/mol. The summed E-state index contributed by atoms with van der Waals surface area (Å²) in [6.07, 6.45) is 3.86. The smallest absolute Gasteiger partial charge is 0.271 e. The van der Waals surface area contributed by atoms with E-state index in [9.17, 15) is 9.59 Å². The Labute approximate surface area is 199 Å². The number of thioether (sulfide) groups is 1. The molecular formula is C25H33N3O2S2. The Bertz CT molecular complexity index is 992. The van der Waals surface area contributed by atoms with Crippen LogP contribution in [0.4, 0.5) is 0 Å². The van der Waals surface area contributed by atoms with Crippen molar-refractivity contribution in [1.82, 2.24) is 15.2 Å². The molecule has 0 bridgehead atoms. The lowest BCUT2D eigenvalue weighted by Crippen LogP contribution is -2.40. The molecule has 5 nitrogen and oxygen atoms in total. The molecule has 2 amide bonds. The van der Waals surface area contributed by atoms with Crippen LogP contribution >= 0.6 is 23.1 Å². The van der Waals surface area contributed by atoms with Gasteiger partial charge in [0.15, 0.2) is 0 Å². The van der Waals surface area contributed by atoms with Gasteiger partial charge in [0.25, 0.3) is 5.91 Å². The first-order valence-electron chi connectivity index (χ1n) is 11.3. The van der Waals surface area contributed by atoms with E-state index >= 15 is 0 Å². The van der Waals surface area contributed by atoms with Crippen LogP contribution in [0, 0.1) is 16.7 Å². The summed E-state index contributed by atoms with van der Waals surface area (Å²) >= 11 is 3.24. The van der Waals surface area contributed by atoms with Gasteiger partial charge in [0.2, 0.25) is 5.91 Å². The van der Waals surface area contributed by atoms with Crippen LogP contribution < -0.4 is 5.32 Å². The number of likely N-dealkylation sites (tertiary alicyclic amines) is 1. The number of benzene rings is 1. The fraction of sp³-hybridized carbons (Fsp3) is 0.560. The van der Waals surface area contributed by atoms with Gasteiger partial charge in [-0.3, -0.25) is 9.59 Å². The molecular weight excluding hydrogens is 438 g/mol. The molecule has 0 unspecified atom stereocenters. The quantitative estimate of drug-likeness (QED) is 0.590. The van der Waals surface area contributed by atoms with E-state index in [-0.39, 0.29) is 22.7 Å². The number of carbonyl (C=O) groups is 2. The summed E-state index contributed by atoms with van der Waals surface area (Å²) in [7, 11) is 0. The van der Waals surface area contributed by atoms with Crippen LogP contribution in [0.1, 0.15) is 67.5 Å². The fourth-order valence-corrected chi connectivity index (χ4v) is 6.63. The summed E-state index contributed by atoms with van der Waals surface area (Å²) in [5.41, 5.74) is 1.76. The molecule has 0 radical (unpaired) electrons. The van der Waals surface area contributed by atoms with Gasteiger partial charge in [0.1, 0.15) is 5.69 Å². The van der Waals surface area contributed by atoms with Gasteiger partial charge in [-0.2, -0.15) is 0 Å². The molecule has 2 aromatic rings. The second kappa shape index (κ2) is 8.82. The minimum absolute atomic E-state index is 0.0782. The van der Waals surface area contributed by atoms with Crippen molar-refractivity contribution in [3.63, 3.8) is 0 Å². The van der Waals surface area contributed by atoms with Gasteiger partial charge >= 0.3 is 0 Å². The van der Waals surface area contributed by atoms with Gasteiger partial charge in [-0.15, -0.1) is 23.1 Å². The summed E-state index contributed by atoms with van der Waals surface area (Å²) in [6.45, 7) is 10.8. The lowest BCUT2D eigenvalue weighted by atomic mass is 9.96. The van der Waals surface area contributed by atoms with E-state index in [4.69, 9.17) is 0 Å². The second-order valence-electron chi connectivity index (χ2n) is 10.0. The average Bonchev–Trinajstić information content (AvgIpc) is 3.10. The van der Waals surface area contributed by atoms with Crippen molar-refractivity contribution in [2.45, 2.75) is 57.9 Å². The van der Waals surface area contributed by atoms with Crippen molar-refractivity contribution >= 4 is 34.9 Å². The van der Waals surface area contributed by atoms with Crippen molar-refractivity contribution in [2.24, 2.45) is 16.7 Å². The molecule has 1 aromatic heterocycles. The molecule has 1 N–H and O–H groups in total. The minimum Gasteiger partial charge on any atom is -0.347 e. The third-order valence-electron chi connectivity index (χ3n) is 7.81. The molecule has 1 saturated heterocycles. The lowest BCUT2D eigenvalue weighted by molar-refractivity contribution is -0.134. The van der Waals surface area contributed by atoms with Crippen molar-refractivity contribution in [3.05, 3.63) is 45.9 Å². The molecule has 2 heterocycles. The van der Waals surface area contributed by atoms with Gasteiger partial charge < -0.3 is 10.2 Å². The Morgan fingerprint density at radius 2 is 1.81 bits per heavy atom. The Hall–Kier alpha value is -1.86. The molecule has 1 aliphatic carbocycles. The van der Waals surface area contributed by atoms with Gasteiger partial charge in [0, 0.05) is 41.7 Å². The lowest BCUT2D eigenvalue weighted by Gasteiger charge is -2.31. The largest absolute Gasteiger partial charge is 0.347 e. The fourth-order valence-electron chi connectivity index (χ4n) is 5.04. The summed E-state index contributed by atoms with van der Waals surface area (Å²) in [5, 5.41) is 5.87. The first-order chi connectivity index (χ1) is 15.2. The van der Waals surface area contributed by atoms with Crippen LogP contribution in [0.2, 0.25) is 0 Å². The highest BCUT2D eigenvalue weighted by molar-refractivity contribution is 7.98. The van der Waals surface area contributed by atoms with Crippen LogP contribution in [0.15, 0.2) is 34.5 Å². The molecule has 7 heteroatoms. The van der Waals surface area contributed by atoms with Crippen LogP contribution in [-0.2, 0) is 11.3 Å². The maximum Gasteiger partial charge on any atom is 0.271 e. The summed E-state index contributed by atoms with van der Waals surface area (Å²) in [6, 6.07) is 8.10. The van der Waals surface area contributed by atoms with E-state index < -0.39 is 0 Å².